The summed E-state index contributed by atoms with van der Waals surface area (Å²) in [6.07, 6.45) is 6.57. The lowest BCUT2D eigenvalue weighted by Crippen LogP contribution is -2.22. The summed E-state index contributed by atoms with van der Waals surface area (Å²) in [5.74, 6) is 1.05. The van der Waals surface area contributed by atoms with Gasteiger partial charge in [0, 0.05) is 0 Å². The second-order valence-electron chi connectivity index (χ2n) is 5.08. The molecule has 1 N–H and O–H groups in total. The molecular formula is C12H22N2. The van der Waals surface area contributed by atoms with Gasteiger partial charge in [0.25, 0.3) is 0 Å². The average molecular weight is 194 g/mol. The van der Waals surface area contributed by atoms with Crippen LogP contribution in [0.25, 0.3) is 0 Å². The predicted molar refractivity (Wildman–Crippen MR) is 58.8 cm³/mol. The van der Waals surface area contributed by atoms with Crippen LogP contribution < -0.4 is 5.32 Å². The fourth-order valence-corrected chi connectivity index (χ4v) is 1.50. The highest BCUT2D eigenvalue weighted by Crippen LogP contribution is 2.33. The molecule has 0 radical (unpaired) electrons. The summed E-state index contributed by atoms with van der Waals surface area (Å²) >= 11 is 0. The maximum atomic E-state index is 8.80. The van der Waals surface area contributed by atoms with E-state index in [1.54, 1.807) is 0 Å². The third kappa shape index (κ3) is 5.24. The molecular weight excluding hydrogens is 172 g/mol. The third-order valence-electron chi connectivity index (χ3n) is 2.89. The van der Waals surface area contributed by atoms with Crippen LogP contribution in [-0.2, 0) is 0 Å². The van der Waals surface area contributed by atoms with Crippen LogP contribution in [0, 0.1) is 22.7 Å². The van der Waals surface area contributed by atoms with E-state index in [0.29, 0.717) is 0 Å². The molecule has 0 bridgehead atoms. The van der Waals surface area contributed by atoms with Gasteiger partial charge in [-0.25, -0.2) is 0 Å². The van der Waals surface area contributed by atoms with E-state index in [9.17, 15) is 0 Å². The lowest BCUT2D eigenvalue weighted by atomic mass is 9.91. The van der Waals surface area contributed by atoms with Crippen LogP contribution in [0.4, 0.5) is 0 Å². The molecule has 0 saturated heterocycles. The van der Waals surface area contributed by atoms with E-state index in [2.05, 4.69) is 11.4 Å². The summed E-state index contributed by atoms with van der Waals surface area (Å²) in [5, 5.41) is 12.2. The van der Waals surface area contributed by atoms with Gasteiger partial charge in [-0.3, -0.25) is 0 Å². The minimum absolute atomic E-state index is 0.163. The van der Waals surface area contributed by atoms with Crippen LogP contribution in [0.5, 0.6) is 0 Å². The summed E-state index contributed by atoms with van der Waals surface area (Å²) in [6.45, 7) is 6.10. The molecule has 0 aromatic heterocycles. The van der Waals surface area contributed by atoms with Crippen molar-refractivity contribution in [1.29, 1.82) is 5.26 Å². The van der Waals surface area contributed by atoms with Crippen molar-refractivity contribution >= 4 is 0 Å². The van der Waals surface area contributed by atoms with Gasteiger partial charge in [-0.15, -0.1) is 0 Å². The van der Waals surface area contributed by atoms with Gasteiger partial charge in [0.15, 0.2) is 0 Å². The Morgan fingerprint density at radius 3 is 2.64 bits per heavy atom. The van der Waals surface area contributed by atoms with E-state index in [-0.39, 0.29) is 5.41 Å². The maximum Gasteiger partial charge on any atom is 0.0684 e. The highest BCUT2D eigenvalue weighted by atomic mass is 14.8. The molecule has 0 aromatic carbocycles. The van der Waals surface area contributed by atoms with Crippen molar-refractivity contribution in [1.82, 2.24) is 5.32 Å². The van der Waals surface area contributed by atoms with Gasteiger partial charge in [-0.1, -0.05) is 12.8 Å². The van der Waals surface area contributed by atoms with Crippen LogP contribution in [0.1, 0.15) is 46.0 Å². The summed E-state index contributed by atoms with van der Waals surface area (Å²) in [6, 6.07) is 2.32. The highest BCUT2D eigenvalue weighted by molar-refractivity contribution is 4.91. The van der Waals surface area contributed by atoms with E-state index in [1.807, 2.05) is 13.8 Å². The van der Waals surface area contributed by atoms with Crippen molar-refractivity contribution in [2.75, 3.05) is 13.1 Å². The van der Waals surface area contributed by atoms with Crippen LogP contribution in [0.15, 0.2) is 0 Å². The average Bonchev–Trinajstić information content (AvgIpc) is 2.95. The quantitative estimate of drug-likeness (QED) is 0.632. The van der Waals surface area contributed by atoms with E-state index in [4.69, 9.17) is 5.26 Å². The fourth-order valence-electron chi connectivity index (χ4n) is 1.50. The van der Waals surface area contributed by atoms with Crippen LogP contribution in [0.3, 0.4) is 0 Å². The number of nitrogens with zero attached hydrogens (tertiary/aromatic N) is 1. The third-order valence-corrected chi connectivity index (χ3v) is 2.89. The maximum absolute atomic E-state index is 8.80. The van der Waals surface area contributed by atoms with E-state index >= 15 is 0 Å². The lowest BCUT2D eigenvalue weighted by Gasteiger charge is -2.14. The number of hydrogen-bond acceptors (Lipinski definition) is 2. The Kier molecular flexibility index (Phi) is 4.41. The van der Waals surface area contributed by atoms with Crippen molar-refractivity contribution in [3.05, 3.63) is 0 Å². The first-order chi connectivity index (χ1) is 6.64. The second-order valence-corrected chi connectivity index (χ2v) is 5.08. The van der Waals surface area contributed by atoms with Gasteiger partial charge in [-0.05, 0) is 52.1 Å². The lowest BCUT2D eigenvalue weighted by molar-refractivity contribution is 0.429. The number of hydrogen-bond donors (Lipinski definition) is 1. The SMILES string of the molecule is CC(C)(C#N)CCNCCCC1CC1. The number of rotatable bonds is 7. The Balaban J connectivity index is 1.86. The fraction of sp³-hybridized carbons (Fsp3) is 0.917. The minimum Gasteiger partial charge on any atom is -0.317 e. The molecule has 80 valence electrons. The molecule has 2 nitrogen and oxygen atoms in total. The molecule has 1 fully saturated rings. The summed E-state index contributed by atoms with van der Waals surface area (Å²) < 4.78 is 0. The summed E-state index contributed by atoms with van der Waals surface area (Å²) in [4.78, 5) is 0. The molecule has 0 heterocycles. The van der Waals surface area contributed by atoms with Gasteiger partial charge < -0.3 is 5.32 Å². The van der Waals surface area contributed by atoms with Crippen molar-refractivity contribution < 1.29 is 0 Å². The molecule has 1 aliphatic rings. The summed E-state index contributed by atoms with van der Waals surface area (Å²) in [7, 11) is 0. The van der Waals surface area contributed by atoms with Crippen LogP contribution in [0.2, 0.25) is 0 Å². The molecule has 0 unspecified atom stereocenters. The van der Waals surface area contributed by atoms with Gasteiger partial charge in [0.2, 0.25) is 0 Å². The second kappa shape index (κ2) is 5.36. The molecule has 2 heteroatoms. The van der Waals surface area contributed by atoms with Crippen molar-refractivity contribution in [3.63, 3.8) is 0 Å². The smallest absolute Gasteiger partial charge is 0.0684 e. The molecule has 0 atom stereocenters. The van der Waals surface area contributed by atoms with E-state index in [1.165, 1.54) is 25.7 Å². The molecule has 0 spiro atoms. The standard InChI is InChI=1S/C12H22N2/c1-12(2,10-13)7-9-14-8-3-4-11-5-6-11/h11,14H,3-9H2,1-2H3. The van der Waals surface area contributed by atoms with Crippen LogP contribution >= 0.6 is 0 Å². The van der Waals surface area contributed by atoms with Gasteiger partial charge >= 0.3 is 0 Å². The topological polar surface area (TPSA) is 35.8 Å². The Bertz CT molecular complexity index is 199. The largest absolute Gasteiger partial charge is 0.317 e. The first-order valence-corrected chi connectivity index (χ1v) is 5.76. The molecule has 0 aliphatic heterocycles. The van der Waals surface area contributed by atoms with Gasteiger partial charge in [0.1, 0.15) is 0 Å². The molecule has 1 aliphatic carbocycles. The molecule has 0 amide bonds. The molecule has 1 saturated carbocycles. The van der Waals surface area contributed by atoms with Gasteiger partial charge in [-0.2, -0.15) is 5.26 Å². The van der Waals surface area contributed by atoms with Crippen molar-refractivity contribution in [2.45, 2.75) is 46.0 Å². The van der Waals surface area contributed by atoms with Gasteiger partial charge in [0.05, 0.1) is 11.5 Å². The number of nitrogens with one attached hydrogen (secondary N) is 1. The molecule has 1 rings (SSSR count). The first-order valence-electron chi connectivity index (χ1n) is 5.76. The van der Waals surface area contributed by atoms with Crippen LogP contribution in [-0.4, -0.2) is 13.1 Å². The normalized spacial score (nSPS) is 16.6. The predicted octanol–water partition coefficient (Wildman–Crippen LogP) is 2.71. The zero-order valence-corrected chi connectivity index (χ0v) is 9.47. The minimum atomic E-state index is -0.163. The summed E-state index contributed by atoms with van der Waals surface area (Å²) in [5.41, 5.74) is -0.163. The zero-order valence-electron chi connectivity index (χ0n) is 9.47. The molecule has 0 aromatic rings. The van der Waals surface area contributed by atoms with E-state index < -0.39 is 0 Å². The van der Waals surface area contributed by atoms with Crippen molar-refractivity contribution in [3.8, 4) is 6.07 Å². The Morgan fingerprint density at radius 1 is 1.36 bits per heavy atom. The van der Waals surface area contributed by atoms with E-state index in [0.717, 1.165) is 25.4 Å². The Morgan fingerprint density at radius 2 is 2.07 bits per heavy atom. The zero-order chi connectivity index (χ0) is 10.4. The number of nitriles is 1. The highest BCUT2D eigenvalue weighted by Gasteiger charge is 2.20. The Labute approximate surface area is 87.7 Å². The Hall–Kier alpha value is -0.550. The monoisotopic (exact) mass is 194 g/mol. The van der Waals surface area contributed by atoms with Crippen molar-refractivity contribution in [2.24, 2.45) is 11.3 Å². The molecule has 14 heavy (non-hydrogen) atoms. The first kappa shape index (κ1) is 11.5.